The largest absolute Gasteiger partial charge is 0.451 e. The van der Waals surface area contributed by atoms with Crippen molar-refractivity contribution in [1.82, 2.24) is 9.88 Å². The van der Waals surface area contributed by atoms with Crippen molar-refractivity contribution in [2.45, 2.75) is 33.0 Å². The normalized spacial score (nSPS) is 11.6. The van der Waals surface area contributed by atoms with Crippen molar-refractivity contribution in [2.24, 2.45) is 0 Å². The number of pyridine rings is 1. The average molecular weight is 328 g/mol. The van der Waals surface area contributed by atoms with E-state index in [0.717, 1.165) is 11.1 Å². The van der Waals surface area contributed by atoms with Crippen LogP contribution in [-0.2, 0) is 27.4 Å². The lowest BCUT2D eigenvalue weighted by Gasteiger charge is -2.14. The zero-order valence-corrected chi connectivity index (χ0v) is 13.7. The van der Waals surface area contributed by atoms with Crippen molar-refractivity contribution in [2.75, 3.05) is 0 Å². The van der Waals surface area contributed by atoms with Gasteiger partial charge in [0.25, 0.3) is 11.5 Å². The highest BCUT2D eigenvalue weighted by molar-refractivity contribution is 5.83. The van der Waals surface area contributed by atoms with E-state index >= 15 is 0 Å². The van der Waals surface area contributed by atoms with E-state index in [-0.39, 0.29) is 18.0 Å². The Labute approximate surface area is 140 Å². The van der Waals surface area contributed by atoms with E-state index in [1.165, 1.54) is 23.8 Å². The monoisotopic (exact) mass is 328 g/mol. The summed E-state index contributed by atoms with van der Waals surface area (Å²) in [7, 11) is 0. The van der Waals surface area contributed by atoms with Crippen molar-refractivity contribution in [3.05, 3.63) is 70.1 Å². The Morgan fingerprint density at radius 1 is 1.17 bits per heavy atom. The molecule has 0 spiro atoms. The van der Waals surface area contributed by atoms with Gasteiger partial charge in [-0.1, -0.05) is 35.9 Å². The summed E-state index contributed by atoms with van der Waals surface area (Å²) in [6.07, 6.45) is 0.563. The number of carbonyl (C=O) groups is 2. The average Bonchev–Trinajstić information content (AvgIpc) is 2.56. The highest BCUT2D eigenvalue weighted by atomic mass is 16.5. The predicted molar refractivity (Wildman–Crippen MR) is 89.3 cm³/mol. The molecule has 0 fully saturated rings. The first kappa shape index (κ1) is 17.5. The predicted octanol–water partition coefficient (Wildman–Crippen LogP) is 1.40. The number of carbonyl (C=O) groups excluding carboxylic acids is 2. The van der Waals surface area contributed by atoms with Gasteiger partial charge in [0, 0.05) is 18.8 Å². The van der Waals surface area contributed by atoms with Crippen LogP contribution in [-0.4, -0.2) is 22.5 Å². The summed E-state index contributed by atoms with van der Waals surface area (Å²) in [5.74, 6) is -1.02. The van der Waals surface area contributed by atoms with Crippen LogP contribution in [0.1, 0.15) is 18.1 Å². The van der Waals surface area contributed by atoms with Crippen molar-refractivity contribution < 1.29 is 14.3 Å². The molecule has 2 aromatic rings. The standard InChI is InChI=1S/C18H20N2O4/c1-13-6-8-15(9-7-13)11-19-18(23)14(2)24-17(22)12-20-10-4-3-5-16(20)21/h3-10,14H,11-12H2,1-2H3,(H,19,23)/t14-/m1/s1. The molecule has 0 aliphatic heterocycles. The SMILES string of the molecule is Cc1ccc(CNC(=O)[C@@H](C)OC(=O)Cn2ccccc2=O)cc1. The van der Waals surface area contributed by atoms with Gasteiger partial charge >= 0.3 is 5.97 Å². The molecule has 1 aromatic carbocycles. The number of amides is 1. The fraction of sp³-hybridized carbons (Fsp3) is 0.278. The molecule has 2 rings (SSSR count). The molecule has 1 heterocycles. The fourth-order valence-corrected chi connectivity index (χ4v) is 2.06. The fourth-order valence-electron chi connectivity index (χ4n) is 2.06. The number of aromatic nitrogens is 1. The van der Waals surface area contributed by atoms with Crippen LogP contribution in [0.4, 0.5) is 0 Å². The third-order valence-electron chi connectivity index (χ3n) is 3.46. The summed E-state index contributed by atoms with van der Waals surface area (Å²) < 4.78 is 6.29. The van der Waals surface area contributed by atoms with Crippen LogP contribution in [0.15, 0.2) is 53.5 Å². The van der Waals surface area contributed by atoms with E-state index in [0.29, 0.717) is 6.54 Å². The van der Waals surface area contributed by atoms with Gasteiger partial charge < -0.3 is 14.6 Å². The van der Waals surface area contributed by atoms with Gasteiger partial charge in [0.15, 0.2) is 6.10 Å². The topological polar surface area (TPSA) is 77.4 Å². The molecule has 6 heteroatoms. The second-order valence-corrected chi connectivity index (χ2v) is 5.50. The Hall–Kier alpha value is -2.89. The first-order valence-corrected chi connectivity index (χ1v) is 7.64. The van der Waals surface area contributed by atoms with Gasteiger partial charge in [-0.3, -0.25) is 14.4 Å². The number of hydrogen-bond donors (Lipinski definition) is 1. The number of hydrogen-bond acceptors (Lipinski definition) is 4. The molecule has 126 valence electrons. The van der Waals surface area contributed by atoms with Crippen LogP contribution in [0.3, 0.4) is 0 Å². The Bertz CT molecular complexity index is 765. The van der Waals surface area contributed by atoms with E-state index in [1.54, 1.807) is 12.1 Å². The highest BCUT2D eigenvalue weighted by Gasteiger charge is 2.17. The minimum atomic E-state index is -0.928. The summed E-state index contributed by atoms with van der Waals surface area (Å²) >= 11 is 0. The van der Waals surface area contributed by atoms with Gasteiger partial charge in [-0.25, -0.2) is 0 Å². The lowest BCUT2D eigenvalue weighted by Crippen LogP contribution is -2.36. The zero-order chi connectivity index (χ0) is 17.5. The number of esters is 1. The minimum Gasteiger partial charge on any atom is -0.451 e. The van der Waals surface area contributed by atoms with Gasteiger partial charge in [-0.05, 0) is 25.5 Å². The van der Waals surface area contributed by atoms with Crippen molar-refractivity contribution in [3.63, 3.8) is 0 Å². The molecule has 0 unspecified atom stereocenters. The Morgan fingerprint density at radius 3 is 2.54 bits per heavy atom. The molecular formula is C18H20N2O4. The number of nitrogens with one attached hydrogen (secondary N) is 1. The molecule has 0 saturated carbocycles. The van der Waals surface area contributed by atoms with E-state index in [9.17, 15) is 14.4 Å². The van der Waals surface area contributed by atoms with Crippen LogP contribution < -0.4 is 10.9 Å². The summed E-state index contributed by atoms with van der Waals surface area (Å²) in [6, 6.07) is 12.4. The van der Waals surface area contributed by atoms with Crippen LogP contribution in [0, 0.1) is 6.92 Å². The second kappa shape index (κ2) is 8.10. The van der Waals surface area contributed by atoms with Crippen LogP contribution in [0.5, 0.6) is 0 Å². The molecule has 1 aromatic heterocycles. The van der Waals surface area contributed by atoms with Gasteiger partial charge in [0.05, 0.1) is 0 Å². The van der Waals surface area contributed by atoms with Crippen LogP contribution in [0.2, 0.25) is 0 Å². The lowest BCUT2D eigenvalue weighted by atomic mass is 10.1. The first-order chi connectivity index (χ1) is 11.5. The van der Waals surface area contributed by atoms with Gasteiger partial charge in [0.1, 0.15) is 6.54 Å². The van der Waals surface area contributed by atoms with E-state index in [4.69, 9.17) is 4.74 Å². The van der Waals surface area contributed by atoms with Crippen LogP contribution >= 0.6 is 0 Å². The molecule has 6 nitrogen and oxygen atoms in total. The molecule has 0 saturated heterocycles. The van der Waals surface area contributed by atoms with Gasteiger partial charge in [0.2, 0.25) is 0 Å². The number of rotatable bonds is 6. The third kappa shape index (κ3) is 5.08. The van der Waals surface area contributed by atoms with E-state index in [1.807, 2.05) is 31.2 Å². The number of aryl methyl sites for hydroxylation is 1. The van der Waals surface area contributed by atoms with Gasteiger partial charge in [-0.15, -0.1) is 0 Å². The second-order valence-electron chi connectivity index (χ2n) is 5.50. The first-order valence-electron chi connectivity index (χ1n) is 7.64. The zero-order valence-electron chi connectivity index (χ0n) is 13.7. The van der Waals surface area contributed by atoms with E-state index in [2.05, 4.69) is 5.32 Å². The summed E-state index contributed by atoms with van der Waals surface area (Å²) in [4.78, 5) is 35.3. The molecular weight excluding hydrogens is 308 g/mol. The van der Waals surface area contributed by atoms with Crippen LogP contribution in [0.25, 0.3) is 0 Å². The van der Waals surface area contributed by atoms with Crippen molar-refractivity contribution >= 4 is 11.9 Å². The maximum Gasteiger partial charge on any atom is 0.326 e. The summed E-state index contributed by atoms with van der Waals surface area (Å²) in [5.41, 5.74) is 1.80. The smallest absolute Gasteiger partial charge is 0.326 e. The number of benzene rings is 1. The maximum absolute atomic E-state index is 12.0. The molecule has 1 N–H and O–H groups in total. The lowest BCUT2D eigenvalue weighted by molar-refractivity contribution is -0.155. The number of nitrogens with zero attached hydrogens (tertiary/aromatic N) is 1. The Morgan fingerprint density at radius 2 is 1.88 bits per heavy atom. The summed E-state index contributed by atoms with van der Waals surface area (Å²) in [6.45, 7) is 3.62. The number of ether oxygens (including phenoxy) is 1. The Kier molecular flexibility index (Phi) is 5.89. The molecule has 1 amide bonds. The minimum absolute atomic E-state index is 0.227. The Balaban J connectivity index is 1.82. The molecule has 0 bridgehead atoms. The maximum atomic E-state index is 12.0. The molecule has 0 aliphatic rings. The molecule has 1 atom stereocenters. The summed E-state index contributed by atoms with van der Waals surface area (Å²) in [5, 5.41) is 2.71. The highest BCUT2D eigenvalue weighted by Crippen LogP contribution is 2.03. The molecule has 24 heavy (non-hydrogen) atoms. The molecule has 0 radical (unpaired) electrons. The van der Waals surface area contributed by atoms with Gasteiger partial charge in [-0.2, -0.15) is 0 Å². The van der Waals surface area contributed by atoms with E-state index < -0.39 is 12.1 Å². The van der Waals surface area contributed by atoms with Crippen molar-refractivity contribution in [3.8, 4) is 0 Å². The molecule has 0 aliphatic carbocycles. The quantitative estimate of drug-likeness (QED) is 0.813. The van der Waals surface area contributed by atoms with Crippen molar-refractivity contribution in [1.29, 1.82) is 0 Å². The third-order valence-corrected chi connectivity index (χ3v) is 3.46.